The quantitative estimate of drug-likeness (QED) is 0.362. The van der Waals surface area contributed by atoms with Gasteiger partial charge in [-0.1, -0.05) is 4.98 Å². The number of rotatable bonds is 1. The smallest absolute Gasteiger partial charge is 0.449 e. The van der Waals surface area contributed by atoms with Crippen LogP contribution in [0.5, 0.6) is 0 Å². The van der Waals surface area contributed by atoms with Gasteiger partial charge in [-0.2, -0.15) is 4.98 Å². The lowest BCUT2D eigenvalue weighted by Gasteiger charge is -2.08. The van der Waals surface area contributed by atoms with Gasteiger partial charge in [-0.3, -0.25) is 0 Å². The summed E-state index contributed by atoms with van der Waals surface area (Å²) < 4.78 is 6.17. The third kappa shape index (κ3) is 1.62. The lowest BCUT2D eigenvalue weighted by molar-refractivity contribution is -0.342. The standard InChI is InChI=1S/C10H11N5O5/c11-7-4-8(13-2-12-7)15(10(19)14-4)9-6(18)5(17)3(1-16)20-9/h2-3,5-6,16-18H,1H2,(H2-,11,12,13,14,19)/p+1/b15-9-/t3-,5?,6?/m1/s1. The van der Waals surface area contributed by atoms with E-state index >= 15 is 0 Å². The minimum atomic E-state index is -1.46. The monoisotopic (exact) mass is 282 g/mol. The molecule has 3 atom stereocenters. The molecule has 0 aromatic carbocycles. The van der Waals surface area contributed by atoms with Gasteiger partial charge in [0.2, 0.25) is 5.69 Å². The maximum Gasteiger partial charge on any atom is 0.449 e. The predicted molar refractivity (Wildman–Crippen MR) is 64.4 cm³/mol. The Hall–Kier alpha value is -2.30. The average Bonchev–Trinajstić information content (AvgIpc) is 2.90. The Bertz CT molecular complexity index is 618. The fraction of sp³-hybridized carbons (Fsp3) is 0.400. The van der Waals surface area contributed by atoms with Gasteiger partial charge in [0.25, 0.3) is 5.90 Å². The van der Waals surface area contributed by atoms with Crippen molar-refractivity contribution in [2.24, 2.45) is 0 Å². The van der Waals surface area contributed by atoms with Crippen molar-refractivity contribution < 1.29 is 29.4 Å². The van der Waals surface area contributed by atoms with Crippen LogP contribution < -0.4 is 11.1 Å². The van der Waals surface area contributed by atoms with Crippen molar-refractivity contribution in [3.05, 3.63) is 6.33 Å². The normalized spacial score (nSPS) is 31.9. The Balaban J connectivity index is 2.14. The number of aromatic nitrogens is 2. The van der Waals surface area contributed by atoms with Crippen LogP contribution >= 0.6 is 0 Å². The summed E-state index contributed by atoms with van der Waals surface area (Å²) in [4.78, 5) is 19.6. The number of aliphatic hydroxyl groups excluding tert-OH is 3. The number of anilines is 2. The number of urea groups is 1. The van der Waals surface area contributed by atoms with Gasteiger partial charge >= 0.3 is 11.8 Å². The van der Waals surface area contributed by atoms with Crippen LogP contribution in [0.15, 0.2) is 6.33 Å². The number of nitrogens with zero attached hydrogens (tertiary/aromatic N) is 3. The van der Waals surface area contributed by atoms with E-state index in [1.165, 1.54) is 0 Å². The molecule has 0 saturated carbocycles. The number of nitrogens with two attached hydrogens (primary N) is 1. The summed E-state index contributed by atoms with van der Waals surface area (Å²) in [6.45, 7) is -0.504. The minimum Gasteiger partial charge on any atom is -0.460 e. The van der Waals surface area contributed by atoms with Crippen LogP contribution in [-0.4, -0.2) is 66.7 Å². The Morgan fingerprint density at radius 2 is 2.20 bits per heavy atom. The largest absolute Gasteiger partial charge is 0.460 e. The van der Waals surface area contributed by atoms with Gasteiger partial charge in [-0.25, -0.2) is 10.1 Å². The van der Waals surface area contributed by atoms with Gasteiger partial charge in [0.15, 0.2) is 24.4 Å². The van der Waals surface area contributed by atoms with E-state index in [2.05, 4.69) is 15.3 Å². The van der Waals surface area contributed by atoms with Gasteiger partial charge in [0, 0.05) is 0 Å². The molecule has 6 N–H and O–H groups in total. The first kappa shape index (κ1) is 12.7. The zero-order valence-corrected chi connectivity index (χ0v) is 10.1. The molecule has 1 fully saturated rings. The first-order chi connectivity index (χ1) is 9.54. The SMILES string of the molecule is Nc1ncnc2c1NC(=O)/[N+]2=C1\O[C@H](CO)C(O)C1O. The van der Waals surface area contributed by atoms with Crippen LogP contribution in [0.25, 0.3) is 0 Å². The first-order valence-electron chi connectivity index (χ1n) is 5.76. The topological polar surface area (TPSA) is 154 Å². The number of nitrogens with one attached hydrogen (secondary N) is 1. The molecule has 2 aliphatic heterocycles. The Morgan fingerprint density at radius 1 is 1.45 bits per heavy atom. The molecule has 2 aliphatic rings. The molecule has 2 amide bonds. The molecule has 1 saturated heterocycles. The van der Waals surface area contributed by atoms with Crippen LogP contribution in [-0.2, 0) is 4.74 Å². The van der Waals surface area contributed by atoms with Crippen LogP contribution in [0.4, 0.5) is 22.1 Å². The Kier molecular flexibility index (Phi) is 2.78. The van der Waals surface area contributed by atoms with Gasteiger partial charge in [-0.15, -0.1) is 4.58 Å². The molecule has 0 spiro atoms. The molecule has 10 heteroatoms. The van der Waals surface area contributed by atoms with E-state index in [9.17, 15) is 15.0 Å². The van der Waals surface area contributed by atoms with E-state index in [0.717, 1.165) is 10.9 Å². The number of nitrogen functional groups attached to an aromatic ring is 1. The molecule has 20 heavy (non-hydrogen) atoms. The maximum atomic E-state index is 12.0. The predicted octanol–water partition coefficient (Wildman–Crippen LogP) is -2.24. The molecule has 0 aliphatic carbocycles. The third-order valence-corrected chi connectivity index (χ3v) is 3.13. The molecule has 1 aromatic heterocycles. The number of ether oxygens (including phenoxy) is 1. The number of hydrogen-bond acceptors (Lipinski definition) is 8. The third-order valence-electron chi connectivity index (χ3n) is 3.13. The summed E-state index contributed by atoms with van der Waals surface area (Å²) in [5.41, 5.74) is 5.81. The van der Waals surface area contributed by atoms with Crippen molar-refractivity contribution in [1.29, 1.82) is 0 Å². The summed E-state index contributed by atoms with van der Waals surface area (Å²) in [6.07, 6.45) is -2.66. The zero-order valence-electron chi connectivity index (χ0n) is 10.1. The Morgan fingerprint density at radius 3 is 2.85 bits per heavy atom. The van der Waals surface area contributed by atoms with Crippen molar-refractivity contribution in [2.75, 3.05) is 17.7 Å². The number of carbonyl (C=O) groups excluding carboxylic acids is 1. The molecular formula is C10H12N5O5+. The zero-order chi connectivity index (χ0) is 14.4. The average molecular weight is 282 g/mol. The number of amides is 2. The van der Waals surface area contributed by atoms with E-state index in [1.54, 1.807) is 0 Å². The van der Waals surface area contributed by atoms with E-state index < -0.39 is 30.9 Å². The maximum absolute atomic E-state index is 12.0. The molecule has 2 unspecified atom stereocenters. The number of aliphatic hydroxyl groups is 3. The summed E-state index contributed by atoms with van der Waals surface area (Å²) in [5, 5.41) is 31.1. The van der Waals surface area contributed by atoms with Crippen LogP contribution in [0, 0.1) is 0 Å². The van der Waals surface area contributed by atoms with Crippen molar-refractivity contribution in [3.63, 3.8) is 0 Å². The highest BCUT2D eigenvalue weighted by molar-refractivity contribution is 6.00. The second-order valence-electron chi connectivity index (χ2n) is 4.34. The first-order valence-corrected chi connectivity index (χ1v) is 5.76. The fourth-order valence-corrected chi connectivity index (χ4v) is 2.12. The van der Waals surface area contributed by atoms with Crippen molar-refractivity contribution >= 4 is 29.3 Å². The highest BCUT2D eigenvalue weighted by atomic mass is 16.6. The van der Waals surface area contributed by atoms with Crippen molar-refractivity contribution in [2.45, 2.75) is 18.3 Å². The molecule has 0 radical (unpaired) electrons. The van der Waals surface area contributed by atoms with E-state index in [0.29, 0.717) is 0 Å². The van der Waals surface area contributed by atoms with E-state index in [4.69, 9.17) is 15.6 Å². The molecule has 1 aromatic rings. The molecule has 3 rings (SSSR count). The van der Waals surface area contributed by atoms with Crippen LogP contribution in [0.3, 0.4) is 0 Å². The van der Waals surface area contributed by atoms with E-state index in [1.807, 2.05) is 0 Å². The minimum absolute atomic E-state index is 0.0678. The molecule has 106 valence electrons. The number of fused-ring (bicyclic) bond motifs is 1. The van der Waals surface area contributed by atoms with Crippen molar-refractivity contribution in [1.82, 2.24) is 9.97 Å². The van der Waals surface area contributed by atoms with Crippen molar-refractivity contribution in [3.8, 4) is 0 Å². The summed E-state index contributed by atoms with van der Waals surface area (Å²) >= 11 is 0. The highest BCUT2D eigenvalue weighted by Crippen LogP contribution is 2.33. The molecule has 0 bridgehead atoms. The number of carbonyl (C=O) groups is 1. The second-order valence-corrected chi connectivity index (χ2v) is 4.34. The lowest BCUT2D eigenvalue weighted by Crippen LogP contribution is -2.35. The second kappa shape index (κ2) is 4.37. The molecule has 10 nitrogen and oxygen atoms in total. The van der Waals surface area contributed by atoms with Gasteiger partial charge in [0.05, 0.1) is 6.61 Å². The summed E-state index contributed by atoms with van der Waals surface area (Å²) in [7, 11) is 0. The summed E-state index contributed by atoms with van der Waals surface area (Å²) in [5.74, 6) is -0.0357. The highest BCUT2D eigenvalue weighted by Gasteiger charge is 2.48. The lowest BCUT2D eigenvalue weighted by atomic mass is 10.1. The van der Waals surface area contributed by atoms with Crippen LogP contribution in [0.1, 0.15) is 0 Å². The summed E-state index contributed by atoms with van der Waals surface area (Å²) in [6, 6.07) is -0.646. The van der Waals surface area contributed by atoms with Gasteiger partial charge in [0.1, 0.15) is 6.10 Å². The fourth-order valence-electron chi connectivity index (χ4n) is 2.12. The van der Waals surface area contributed by atoms with E-state index in [-0.39, 0.29) is 23.2 Å². The van der Waals surface area contributed by atoms with Gasteiger partial charge in [-0.05, 0) is 0 Å². The number of hydrogen-bond donors (Lipinski definition) is 5. The Labute approximate surface area is 112 Å². The van der Waals surface area contributed by atoms with Gasteiger partial charge < -0.3 is 25.8 Å². The molecular weight excluding hydrogens is 270 g/mol. The van der Waals surface area contributed by atoms with Crippen LogP contribution in [0.2, 0.25) is 0 Å². The molecule has 3 heterocycles.